The number of likely N-dealkylation sites (tertiary alicyclic amines) is 1. The topological polar surface area (TPSA) is 67.6 Å². The fourth-order valence-corrected chi connectivity index (χ4v) is 3.04. The zero-order valence-corrected chi connectivity index (χ0v) is 16.5. The van der Waals surface area contributed by atoms with Gasteiger partial charge in [0.15, 0.2) is 0 Å². The number of nitrogen functional groups attached to an aromatic ring is 1. The number of hydrogen-bond acceptors (Lipinski definition) is 4. The van der Waals surface area contributed by atoms with Gasteiger partial charge in [-0.1, -0.05) is 18.2 Å². The van der Waals surface area contributed by atoms with E-state index in [0.29, 0.717) is 18.9 Å². The monoisotopic (exact) mass is 391 g/mol. The lowest BCUT2D eigenvalue weighted by Gasteiger charge is -2.32. The molecule has 0 unspecified atom stereocenters. The van der Waals surface area contributed by atoms with E-state index in [1.165, 1.54) is 0 Å². The summed E-state index contributed by atoms with van der Waals surface area (Å²) in [4.78, 5) is 14.6. The van der Waals surface area contributed by atoms with E-state index in [2.05, 4.69) is 10.2 Å². The van der Waals surface area contributed by atoms with Gasteiger partial charge < -0.3 is 20.7 Å². The Balaban J connectivity index is 0.00000288. The number of anilines is 1. The van der Waals surface area contributed by atoms with Crippen LogP contribution in [0.3, 0.4) is 0 Å². The third-order valence-electron chi connectivity index (χ3n) is 4.45. The fraction of sp³-hybridized carbons (Fsp3) is 0.611. The van der Waals surface area contributed by atoms with Gasteiger partial charge in [0.25, 0.3) is 0 Å². The summed E-state index contributed by atoms with van der Waals surface area (Å²) in [5.74, 6) is 0.131. The van der Waals surface area contributed by atoms with E-state index in [4.69, 9.17) is 10.5 Å². The highest BCUT2D eigenvalue weighted by Gasteiger charge is 2.20. The molecule has 25 heavy (non-hydrogen) atoms. The SMILES string of the molecule is COCCCN1CCC(NC(=O)CCc2ccccc2N)CC1.Cl.Cl. The Hall–Kier alpha value is -1.01. The van der Waals surface area contributed by atoms with Crippen molar-refractivity contribution in [1.82, 2.24) is 10.2 Å². The molecule has 0 aromatic heterocycles. The summed E-state index contributed by atoms with van der Waals surface area (Å²) < 4.78 is 5.09. The molecule has 0 saturated carbocycles. The summed E-state index contributed by atoms with van der Waals surface area (Å²) in [6, 6.07) is 8.06. The Kier molecular flexibility index (Phi) is 12.7. The molecule has 0 radical (unpaired) electrons. The lowest BCUT2D eigenvalue weighted by Crippen LogP contribution is -2.45. The molecule has 3 N–H and O–H groups in total. The second kappa shape index (κ2) is 13.2. The van der Waals surface area contributed by atoms with Gasteiger partial charge in [-0.3, -0.25) is 4.79 Å². The van der Waals surface area contributed by atoms with Crippen molar-refractivity contribution >= 4 is 36.4 Å². The highest BCUT2D eigenvalue weighted by Crippen LogP contribution is 2.14. The van der Waals surface area contributed by atoms with Gasteiger partial charge in [-0.2, -0.15) is 0 Å². The number of carbonyl (C=O) groups is 1. The van der Waals surface area contributed by atoms with Crippen molar-refractivity contribution in [3.05, 3.63) is 29.8 Å². The van der Waals surface area contributed by atoms with Crippen LogP contribution in [-0.4, -0.2) is 50.2 Å². The number of piperidine rings is 1. The van der Waals surface area contributed by atoms with E-state index in [0.717, 1.165) is 56.8 Å². The predicted octanol–water partition coefficient (Wildman–Crippen LogP) is 2.66. The van der Waals surface area contributed by atoms with Crippen LogP contribution in [0.4, 0.5) is 5.69 Å². The highest BCUT2D eigenvalue weighted by molar-refractivity contribution is 5.85. The first-order chi connectivity index (χ1) is 11.2. The maximum Gasteiger partial charge on any atom is 0.220 e. The molecule has 2 rings (SSSR count). The van der Waals surface area contributed by atoms with Crippen molar-refractivity contribution in [2.75, 3.05) is 39.1 Å². The first-order valence-corrected chi connectivity index (χ1v) is 8.53. The third-order valence-corrected chi connectivity index (χ3v) is 4.45. The van der Waals surface area contributed by atoms with E-state index < -0.39 is 0 Å². The van der Waals surface area contributed by atoms with Gasteiger partial charge >= 0.3 is 0 Å². The number of nitrogens with one attached hydrogen (secondary N) is 1. The van der Waals surface area contributed by atoms with Crippen molar-refractivity contribution in [2.24, 2.45) is 0 Å². The molecular formula is C18H31Cl2N3O2. The minimum absolute atomic E-state index is 0. The van der Waals surface area contributed by atoms with Gasteiger partial charge in [-0.05, 0) is 37.3 Å². The van der Waals surface area contributed by atoms with Crippen LogP contribution in [0.25, 0.3) is 0 Å². The first-order valence-electron chi connectivity index (χ1n) is 8.53. The van der Waals surface area contributed by atoms with Gasteiger partial charge in [-0.15, -0.1) is 24.8 Å². The normalized spacial score (nSPS) is 15.1. The van der Waals surface area contributed by atoms with Gasteiger partial charge in [0, 0.05) is 51.5 Å². The summed E-state index contributed by atoms with van der Waals surface area (Å²) in [5, 5.41) is 3.17. The Morgan fingerprint density at radius 1 is 1.28 bits per heavy atom. The number of nitrogens with two attached hydrogens (primary N) is 1. The number of para-hydroxylation sites is 1. The van der Waals surface area contributed by atoms with E-state index in [1.807, 2.05) is 24.3 Å². The fourth-order valence-electron chi connectivity index (χ4n) is 3.04. The number of benzene rings is 1. The number of aryl methyl sites for hydroxylation is 1. The Morgan fingerprint density at radius 2 is 1.96 bits per heavy atom. The molecule has 0 atom stereocenters. The number of amides is 1. The maximum absolute atomic E-state index is 12.1. The van der Waals surface area contributed by atoms with Gasteiger partial charge in [-0.25, -0.2) is 0 Å². The van der Waals surface area contributed by atoms with Crippen molar-refractivity contribution in [3.8, 4) is 0 Å². The average molecular weight is 392 g/mol. The molecule has 1 aromatic rings. The smallest absolute Gasteiger partial charge is 0.220 e. The molecule has 144 valence electrons. The second-order valence-electron chi connectivity index (χ2n) is 6.23. The average Bonchev–Trinajstić information content (AvgIpc) is 2.56. The summed E-state index contributed by atoms with van der Waals surface area (Å²) >= 11 is 0. The van der Waals surface area contributed by atoms with E-state index in [9.17, 15) is 4.79 Å². The van der Waals surface area contributed by atoms with Crippen molar-refractivity contribution in [3.63, 3.8) is 0 Å². The molecule has 0 spiro atoms. The summed E-state index contributed by atoms with van der Waals surface area (Å²) in [7, 11) is 1.74. The number of hydrogen-bond donors (Lipinski definition) is 2. The van der Waals surface area contributed by atoms with Crippen LogP contribution in [0.15, 0.2) is 24.3 Å². The lowest BCUT2D eigenvalue weighted by atomic mass is 10.0. The highest BCUT2D eigenvalue weighted by atomic mass is 35.5. The Bertz CT molecular complexity index is 495. The Morgan fingerprint density at radius 3 is 2.60 bits per heavy atom. The molecule has 1 saturated heterocycles. The number of carbonyl (C=O) groups excluding carboxylic acids is 1. The molecular weight excluding hydrogens is 361 g/mol. The van der Waals surface area contributed by atoms with Crippen LogP contribution >= 0.6 is 24.8 Å². The predicted molar refractivity (Wildman–Crippen MR) is 108 cm³/mol. The van der Waals surface area contributed by atoms with Gasteiger partial charge in [0.05, 0.1) is 0 Å². The van der Waals surface area contributed by atoms with Gasteiger partial charge in [0.1, 0.15) is 0 Å². The number of nitrogens with zero attached hydrogens (tertiary/aromatic N) is 1. The van der Waals surface area contributed by atoms with Crippen molar-refractivity contribution < 1.29 is 9.53 Å². The molecule has 1 heterocycles. The molecule has 7 heteroatoms. The summed E-state index contributed by atoms with van der Waals surface area (Å²) in [6.07, 6.45) is 4.35. The van der Waals surface area contributed by atoms with Crippen LogP contribution in [0.1, 0.15) is 31.2 Å². The van der Waals surface area contributed by atoms with Gasteiger partial charge in [0.2, 0.25) is 5.91 Å². The molecule has 0 aliphatic carbocycles. The third kappa shape index (κ3) is 8.77. The number of rotatable bonds is 8. The zero-order chi connectivity index (χ0) is 16.5. The minimum atomic E-state index is 0. The van der Waals surface area contributed by atoms with Crippen LogP contribution in [0, 0.1) is 0 Å². The van der Waals surface area contributed by atoms with E-state index in [1.54, 1.807) is 7.11 Å². The molecule has 1 aromatic carbocycles. The Labute approximate surface area is 163 Å². The van der Waals surface area contributed by atoms with Crippen molar-refractivity contribution in [2.45, 2.75) is 38.1 Å². The quantitative estimate of drug-likeness (QED) is 0.527. The largest absolute Gasteiger partial charge is 0.399 e. The number of halogens is 2. The van der Waals surface area contributed by atoms with Crippen LogP contribution in [0.5, 0.6) is 0 Å². The van der Waals surface area contributed by atoms with Crippen LogP contribution < -0.4 is 11.1 Å². The minimum Gasteiger partial charge on any atom is -0.399 e. The summed E-state index contributed by atoms with van der Waals surface area (Å²) in [5.41, 5.74) is 7.73. The molecule has 1 amide bonds. The standard InChI is InChI=1S/C18H29N3O2.2ClH/c1-23-14-4-11-21-12-9-16(10-13-21)20-18(22)8-7-15-5-2-3-6-17(15)19;;/h2-3,5-6,16H,4,7-14,19H2,1H3,(H,20,22);2*1H. The second-order valence-corrected chi connectivity index (χ2v) is 6.23. The molecule has 1 fully saturated rings. The number of methoxy groups -OCH3 is 1. The van der Waals surface area contributed by atoms with E-state index >= 15 is 0 Å². The first kappa shape index (κ1) is 24.0. The lowest BCUT2D eigenvalue weighted by molar-refractivity contribution is -0.122. The molecule has 1 aliphatic rings. The van der Waals surface area contributed by atoms with Crippen LogP contribution in [-0.2, 0) is 16.0 Å². The molecule has 0 bridgehead atoms. The summed E-state index contributed by atoms with van der Waals surface area (Å²) in [6.45, 7) is 4.02. The molecule has 1 aliphatic heterocycles. The maximum atomic E-state index is 12.1. The van der Waals surface area contributed by atoms with E-state index in [-0.39, 0.29) is 30.7 Å². The molecule has 5 nitrogen and oxygen atoms in total. The van der Waals surface area contributed by atoms with Crippen LogP contribution in [0.2, 0.25) is 0 Å². The number of ether oxygens (including phenoxy) is 1. The zero-order valence-electron chi connectivity index (χ0n) is 14.9. The van der Waals surface area contributed by atoms with Crippen molar-refractivity contribution in [1.29, 1.82) is 0 Å².